The predicted molar refractivity (Wildman–Crippen MR) is 62.3 cm³/mol. The van der Waals surface area contributed by atoms with Gasteiger partial charge >= 0.3 is 0 Å². The minimum atomic E-state index is -0.427. The van der Waals surface area contributed by atoms with Gasteiger partial charge in [-0.1, -0.05) is 12.1 Å². The highest BCUT2D eigenvalue weighted by Crippen LogP contribution is 2.31. The van der Waals surface area contributed by atoms with Gasteiger partial charge in [-0.3, -0.25) is 4.68 Å². The first-order valence-electron chi connectivity index (χ1n) is 5.28. The van der Waals surface area contributed by atoms with Crippen LogP contribution >= 0.6 is 0 Å². The highest BCUT2D eigenvalue weighted by Gasteiger charge is 2.14. The zero-order chi connectivity index (χ0) is 12.4. The molecule has 0 aliphatic rings. The molecule has 5 heteroatoms. The van der Waals surface area contributed by atoms with Gasteiger partial charge in [0.25, 0.3) is 0 Å². The lowest BCUT2D eigenvalue weighted by Crippen LogP contribution is -2.07. The molecule has 0 aliphatic carbocycles. The van der Waals surface area contributed by atoms with Gasteiger partial charge in [-0.25, -0.2) is 4.39 Å². The third-order valence-electron chi connectivity index (χ3n) is 2.39. The van der Waals surface area contributed by atoms with Gasteiger partial charge in [0.2, 0.25) is 0 Å². The van der Waals surface area contributed by atoms with Crippen molar-refractivity contribution in [1.29, 1.82) is 0 Å². The van der Waals surface area contributed by atoms with Crippen LogP contribution in [0.4, 0.5) is 4.39 Å². The van der Waals surface area contributed by atoms with Crippen molar-refractivity contribution in [2.75, 3.05) is 0 Å². The van der Waals surface area contributed by atoms with Crippen LogP contribution in [0.1, 0.15) is 18.5 Å². The Morgan fingerprint density at radius 2 is 2.24 bits per heavy atom. The molecule has 0 amide bonds. The van der Waals surface area contributed by atoms with Gasteiger partial charge < -0.3 is 10.5 Å². The van der Waals surface area contributed by atoms with Crippen LogP contribution in [0, 0.1) is 5.82 Å². The molecule has 2 aromatic rings. The summed E-state index contributed by atoms with van der Waals surface area (Å²) in [6.07, 6.45) is 3.19. The van der Waals surface area contributed by atoms with E-state index in [-0.39, 0.29) is 11.8 Å². The van der Waals surface area contributed by atoms with E-state index in [0.717, 1.165) is 0 Å². The van der Waals surface area contributed by atoms with Gasteiger partial charge in [-0.05, 0) is 13.0 Å². The summed E-state index contributed by atoms with van der Waals surface area (Å²) < 4.78 is 20.8. The summed E-state index contributed by atoms with van der Waals surface area (Å²) in [7, 11) is 1.76. The van der Waals surface area contributed by atoms with Crippen molar-refractivity contribution in [3.63, 3.8) is 0 Å². The number of benzene rings is 1. The maximum absolute atomic E-state index is 13.7. The number of para-hydroxylation sites is 1. The standard InChI is InChI=1S/C12H14FN3O/c1-8(14)10-4-3-5-11(13)12(10)17-9-6-15-16(2)7-9/h3-8H,14H2,1-2H3/t8-/m1/s1. The van der Waals surface area contributed by atoms with Crippen molar-refractivity contribution >= 4 is 0 Å². The molecule has 1 heterocycles. The normalized spacial score (nSPS) is 12.5. The quantitative estimate of drug-likeness (QED) is 0.888. The Morgan fingerprint density at radius 3 is 2.82 bits per heavy atom. The number of nitrogens with two attached hydrogens (primary N) is 1. The van der Waals surface area contributed by atoms with Crippen LogP contribution in [0.25, 0.3) is 0 Å². The Morgan fingerprint density at radius 1 is 1.47 bits per heavy atom. The van der Waals surface area contributed by atoms with Crippen molar-refractivity contribution in [2.24, 2.45) is 12.8 Å². The van der Waals surface area contributed by atoms with Gasteiger partial charge in [-0.2, -0.15) is 5.10 Å². The summed E-state index contributed by atoms with van der Waals surface area (Å²) in [5.74, 6) is 0.221. The average Bonchev–Trinajstić information content (AvgIpc) is 2.67. The lowest BCUT2D eigenvalue weighted by Gasteiger charge is -2.13. The Bertz CT molecular complexity index is 522. The van der Waals surface area contributed by atoms with Crippen molar-refractivity contribution in [1.82, 2.24) is 9.78 Å². The molecule has 4 nitrogen and oxygen atoms in total. The molecule has 0 aliphatic heterocycles. The van der Waals surface area contributed by atoms with Gasteiger partial charge in [-0.15, -0.1) is 0 Å². The molecule has 0 bridgehead atoms. The fraction of sp³-hybridized carbons (Fsp3) is 0.250. The first-order valence-corrected chi connectivity index (χ1v) is 5.28. The van der Waals surface area contributed by atoms with Crippen molar-refractivity contribution in [3.8, 4) is 11.5 Å². The largest absolute Gasteiger partial charge is 0.451 e. The second kappa shape index (κ2) is 4.55. The van der Waals surface area contributed by atoms with Crippen LogP contribution in [0.5, 0.6) is 11.5 Å². The van der Waals surface area contributed by atoms with Crippen molar-refractivity contribution in [2.45, 2.75) is 13.0 Å². The number of hydrogen-bond donors (Lipinski definition) is 1. The number of aryl methyl sites for hydroxylation is 1. The molecule has 1 atom stereocenters. The van der Waals surface area contributed by atoms with Crippen LogP contribution in [0.2, 0.25) is 0 Å². The molecule has 1 aromatic heterocycles. The van der Waals surface area contributed by atoms with Crippen LogP contribution < -0.4 is 10.5 Å². The monoisotopic (exact) mass is 235 g/mol. The van der Waals surface area contributed by atoms with Gasteiger partial charge in [0.05, 0.1) is 12.4 Å². The molecule has 1 aromatic carbocycles. The van der Waals surface area contributed by atoms with Gasteiger partial charge in [0.1, 0.15) is 0 Å². The predicted octanol–water partition coefficient (Wildman–Crippen LogP) is 2.37. The number of aromatic nitrogens is 2. The molecule has 0 saturated heterocycles. The molecule has 0 unspecified atom stereocenters. The highest BCUT2D eigenvalue weighted by atomic mass is 19.1. The SMILES string of the molecule is C[C@@H](N)c1cccc(F)c1Oc1cnn(C)c1. The van der Waals surface area contributed by atoms with E-state index >= 15 is 0 Å². The molecule has 17 heavy (non-hydrogen) atoms. The topological polar surface area (TPSA) is 53.1 Å². The first-order chi connectivity index (χ1) is 8.08. The molecular formula is C12H14FN3O. The van der Waals surface area contributed by atoms with Crippen LogP contribution in [-0.2, 0) is 7.05 Å². The molecule has 0 fully saturated rings. The van der Waals surface area contributed by atoms with E-state index in [0.29, 0.717) is 11.3 Å². The average molecular weight is 235 g/mol. The molecule has 0 saturated carbocycles. The van der Waals surface area contributed by atoms with Crippen molar-refractivity contribution in [3.05, 3.63) is 42.0 Å². The summed E-state index contributed by atoms with van der Waals surface area (Å²) in [5, 5.41) is 3.95. The third-order valence-corrected chi connectivity index (χ3v) is 2.39. The Balaban J connectivity index is 2.37. The van der Waals surface area contributed by atoms with Crippen LogP contribution in [0.15, 0.2) is 30.6 Å². The fourth-order valence-electron chi connectivity index (χ4n) is 1.56. The van der Waals surface area contributed by atoms with E-state index in [1.165, 1.54) is 12.3 Å². The molecule has 2 rings (SSSR count). The smallest absolute Gasteiger partial charge is 0.167 e. The minimum Gasteiger partial charge on any atom is -0.451 e. The molecule has 0 spiro atoms. The second-order valence-electron chi connectivity index (χ2n) is 3.90. The Kier molecular flexibility index (Phi) is 3.10. The van der Waals surface area contributed by atoms with Crippen LogP contribution in [0.3, 0.4) is 0 Å². The lowest BCUT2D eigenvalue weighted by molar-refractivity contribution is 0.432. The fourth-order valence-corrected chi connectivity index (χ4v) is 1.56. The number of hydrogen-bond acceptors (Lipinski definition) is 3. The zero-order valence-corrected chi connectivity index (χ0v) is 9.72. The lowest BCUT2D eigenvalue weighted by atomic mass is 10.1. The first kappa shape index (κ1) is 11.6. The van der Waals surface area contributed by atoms with Gasteiger partial charge in [0, 0.05) is 18.7 Å². The summed E-state index contributed by atoms with van der Waals surface area (Å²) >= 11 is 0. The molecular weight excluding hydrogens is 221 g/mol. The van der Waals surface area contributed by atoms with Crippen molar-refractivity contribution < 1.29 is 9.13 Å². The van der Waals surface area contributed by atoms with E-state index in [9.17, 15) is 4.39 Å². The summed E-state index contributed by atoms with van der Waals surface area (Å²) in [6, 6.07) is 4.42. The zero-order valence-electron chi connectivity index (χ0n) is 9.72. The Hall–Kier alpha value is -1.88. The molecule has 2 N–H and O–H groups in total. The summed E-state index contributed by atoms with van der Waals surface area (Å²) in [5.41, 5.74) is 6.41. The summed E-state index contributed by atoms with van der Waals surface area (Å²) in [4.78, 5) is 0. The summed E-state index contributed by atoms with van der Waals surface area (Å²) in [6.45, 7) is 1.78. The van der Waals surface area contributed by atoms with E-state index in [1.807, 2.05) is 0 Å². The highest BCUT2D eigenvalue weighted by molar-refractivity contribution is 5.39. The number of halogens is 1. The maximum atomic E-state index is 13.7. The van der Waals surface area contributed by atoms with E-state index in [2.05, 4.69) is 5.10 Å². The van der Waals surface area contributed by atoms with E-state index in [4.69, 9.17) is 10.5 Å². The Labute approximate surface area is 98.8 Å². The third kappa shape index (κ3) is 2.45. The number of rotatable bonds is 3. The van der Waals surface area contributed by atoms with Gasteiger partial charge in [0.15, 0.2) is 17.3 Å². The number of nitrogens with zero attached hydrogens (tertiary/aromatic N) is 2. The minimum absolute atomic E-state index is 0.163. The second-order valence-corrected chi connectivity index (χ2v) is 3.90. The number of ether oxygens (including phenoxy) is 1. The molecule has 0 radical (unpaired) electrons. The van der Waals surface area contributed by atoms with E-state index < -0.39 is 5.82 Å². The molecule has 90 valence electrons. The van der Waals surface area contributed by atoms with Crippen LogP contribution in [-0.4, -0.2) is 9.78 Å². The van der Waals surface area contributed by atoms with E-state index in [1.54, 1.807) is 37.0 Å². The maximum Gasteiger partial charge on any atom is 0.167 e.